The summed E-state index contributed by atoms with van der Waals surface area (Å²) in [5, 5.41) is 0. The smallest absolute Gasteiger partial charge is 0.142 e. The van der Waals surface area contributed by atoms with Crippen LogP contribution in [0.5, 0.6) is 5.75 Å². The van der Waals surface area contributed by atoms with Gasteiger partial charge in [0.15, 0.2) is 0 Å². The van der Waals surface area contributed by atoms with Crippen molar-refractivity contribution in [3.05, 3.63) is 24.3 Å². The minimum absolute atomic E-state index is 0.401. The minimum Gasteiger partial charge on any atom is -0.492 e. The summed E-state index contributed by atoms with van der Waals surface area (Å²) >= 11 is 0. The van der Waals surface area contributed by atoms with Gasteiger partial charge in [-0.05, 0) is 31.9 Å². The first-order valence-corrected chi connectivity index (χ1v) is 6.68. The second-order valence-electron chi connectivity index (χ2n) is 4.78. The summed E-state index contributed by atoms with van der Waals surface area (Å²) in [6.07, 6.45) is 3.34. The number of hydrogen-bond acceptors (Lipinski definition) is 3. The molecule has 1 aromatic rings. The normalized spacial score (nSPS) is 16.7. The molecule has 1 saturated carbocycles. The van der Waals surface area contributed by atoms with Crippen LogP contribution in [0.15, 0.2) is 24.3 Å². The Kier molecular flexibility index (Phi) is 4.24. The molecule has 1 aliphatic rings. The van der Waals surface area contributed by atoms with Crippen LogP contribution in [-0.4, -0.2) is 25.5 Å². The summed E-state index contributed by atoms with van der Waals surface area (Å²) in [4.78, 5) is 13.6. The van der Waals surface area contributed by atoms with E-state index in [2.05, 4.69) is 18.0 Å². The van der Waals surface area contributed by atoms with E-state index in [1.807, 2.05) is 25.1 Å². The van der Waals surface area contributed by atoms with Crippen molar-refractivity contribution in [2.24, 2.45) is 0 Å². The Morgan fingerprint density at radius 1 is 1.28 bits per heavy atom. The lowest BCUT2D eigenvalue weighted by atomic mass is 9.93. The molecule has 0 saturated heterocycles. The highest BCUT2D eigenvalue weighted by Crippen LogP contribution is 2.31. The van der Waals surface area contributed by atoms with Crippen molar-refractivity contribution in [2.75, 3.05) is 18.6 Å². The monoisotopic (exact) mass is 247 g/mol. The molecule has 0 spiro atoms. The van der Waals surface area contributed by atoms with Gasteiger partial charge in [0.2, 0.25) is 0 Å². The van der Waals surface area contributed by atoms with Gasteiger partial charge in [-0.15, -0.1) is 0 Å². The highest BCUT2D eigenvalue weighted by atomic mass is 16.5. The van der Waals surface area contributed by atoms with Crippen LogP contribution in [0.1, 0.15) is 32.6 Å². The lowest BCUT2D eigenvalue weighted by Gasteiger charge is -2.33. The second kappa shape index (κ2) is 5.89. The number of Topliss-reactive ketones (excluding diaryl/α,β-unsaturated/α-hetero) is 1. The van der Waals surface area contributed by atoms with Gasteiger partial charge in [-0.1, -0.05) is 12.1 Å². The SMILES string of the molecule is CCOc1ccccc1N(C)C1CCC(=O)CC1. The number of rotatable bonds is 4. The third-order valence-electron chi connectivity index (χ3n) is 3.61. The molecule has 1 aliphatic carbocycles. The fraction of sp³-hybridized carbons (Fsp3) is 0.533. The first-order valence-electron chi connectivity index (χ1n) is 6.68. The van der Waals surface area contributed by atoms with E-state index in [0.717, 1.165) is 24.3 Å². The fourth-order valence-corrected chi connectivity index (χ4v) is 2.53. The molecule has 0 N–H and O–H groups in total. The van der Waals surface area contributed by atoms with Crippen LogP contribution in [-0.2, 0) is 4.79 Å². The van der Waals surface area contributed by atoms with Crippen molar-refractivity contribution in [3.63, 3.8) is 0 Å². The predicted molar refractivity (Wildman–Crippen MR) is 73.3 cm³/mol. The lowest BCUT2D eigenvalue weighted by Crippen LogP contribution is -2.35. The number of hydrogen-bond donors (Lipinski definition) is 0. The van der Waals surface area contributed by atoms with Gasteiger partial charge in [-0.2, -0.15) is 0 Å². The van der Waals surface area contributed by atoms with E-state index in [0.29, 0.717) is 31.3 Å². The molecule has 0 atom stereocenters. The van der Waals surface area contributed by atoms with Gasteiger partial charge in [0.25, 0.3) is 0 Å². The Labute approximate surface area is 109 Å². The molecule has 98 valence electrons. The maximum atomic E-state index is 11.3. The van der Waals surface area contributed by atoms with Crippen LogP contribution in [0.2, 0.25) is 0 Å². The predicted octanol–water partition coefficient (Wildman–Crippen LogP) is 3.03. The number of ether oxygens (including phenoxy) is 1. The maximum absolute atomic E-state index is 11.3. The topological polar surface area (TPSA) is 29.5 Å². The van der Waals surface area contributed by atoms with Gasteiger partial charge in [-0.25, -0.2) is 0 Å². The molecule has 1 aromatic carbocycles. The number of anilines is 1. The van der Waals surface area contributed by atoms with Crippen LogP contribution in [0.4, 0.5) is 5.69 Å². The number of nitrogens with zero attached hydrogens (tertiary/aromatic N) is 1. The lowest BCUT2D eigenvalue weighted by molar-refractivity contribution is -0.120. The number of ketones is 1. The number of para-hydroxylation sites is 2. The van der Waals surface area contributed by atoms with Gasteiger partial charge in [0.05, 0.1) is 12.3 Å². The van der Waals surface area contributed by atoms with Gasteiger partial charge in [-0.3, -0.25) is 4.79 Å². The molecule has 0 aromatic heterocycles. The average molecular weight is 247 g/mol. The Bertz CT molecular complexity index is 407. The summed E-state index contributed by atoms with van der Waals surface area (Å²) in [7, 11) is 2.10. The third kappa shape index (κ3) is 2.84. The van der Waals surface area contributed by atoms with Crippen molar-refractivity contribution in [3.8, 4) is 5.75 Å². The van der Waals surface area contributed by atoms with Crippen molar-refractivity contribution in [1.29, 1.82) is 0 Å². The first kappa shape index (κ1) is 12.9. The zero-order valence-electron chi connectivity index (χ0n) is 11.2. The van der Waals surface area contributed by atoms with Gasteiger partial charge in [0.1, 0.15) is 11.5 Å². The van der Waals surface area contributed by atoms with Crippen molar-refractivity contribution >= 4 is 11.5 Å². The molecular formula is C15H21NO2. The van der Waals surface area contributed by atoms with E-state index < -0.39 is 0 Å². The highest BCUT2D eigenvalue weighted by molar-refractivity contribution is 5.79. The summed E-state index contributed by atoms with van der Waals surface area (Å²) in [5.41, 5.74) is 1.12. The standard InChI is InChI=1S/C15H21NO2/c1-3-18-15-7-5-4-6-14(15)16(2)12-8-10-13(17)11-9-12/h4-7,12H,3,8-11H2,1-2H3. The molecule has 3 heteroatoms. The first-order chi connectivity index (χ1) is 8.72. The van der Waals surface area contributed by atoms with Crippen LogP contribution in [0, 0.1) is 0 Å². The quantitative estimate of drug-likeness (QED) is 0.819. The zero-order chi connectivity index (χ0) is 13.0. The summed E-state index contributed by atoms with van der Waals surface area (Å²) < 4.78 is 5.66. The molecule has 0 aliphatic heterocycles. The molecule has 1 fully saturated rings. The summed E-state index contributed by atoms with van der Waals surface area (Å²) in [5.74, 6) is 1.33. The molecule has 0 radical (unpaired) electrons. The third-order valence-corrected chi connectivity index (χ3v) is 3.61. The minimum atomic E-state index is 0.401. The molecule has 0 heterocycles. The van der Waals surface area contributed by atoms with E-state index in [4.69, 9.17) is 4.74 Å². The van der Waals surface area contributed by atoms with Gasteiger partial charge < -0.3 is 9.64 Å². The maximum Gasteiger partial charge on any atom is 0.142 e. The zero-order valence-corrected chi connectivity index (χ0v) is 11.2. The van der Waals surface area contributed by atoms with Crippen molar-refractivity contribution < 1.29 is 9.53 Å². The molecule has 2 rings (SSSR count). The molecular weight excluding hydrogens is 226 g/mol. The van der Waals surface area contributed by atoms with Crippen LogP contribution >= 0.6 is 0 Å². The molecule has 0 unspecified atom stereocenters. The molecule has 18 heavy (non-hydrogen) atoms. The van der Waals surface area contributed by atoms with E-state index in [1.54, 1.807) is 0 Å². The number of carbonyl (C=O) groups excluding carboxylic acids is 1. The van der Waals surface area contributed by atoms with E-state index >= 15 is 0 Å². The van der Waals surface area contributed by atoms with E-state index in [1.165, 1.54) is 0 Å². The van der Waals surface area contributed by atoms with Crippen LogP contribution in [0.25, 0.3) is 0 Å². The average Bonchev–Trinajstić information content (AvgIpc) is 2.40. The molecule has 0 amide bonds. The van der Waals surface area contributed by atoms with E-state index in [9.17, 15) is 4.79 Å². The summed E-state index contributed by atoms with van der Waals surface area (Å²) in [6.45, 7) is 2.67. The second-order valence-corrected chi connectivity index (χ2v) is 4.78. The van der Waals surface area contributed by atoms with Crippen molar-refractivity contribution in [1.82, 2.24) is 0 Å². The van der Waals surface area contributed by atoms with E-state index in [-0.39, 0.29) is 0 Å². The van der Waals surface area contributed by atoms with Gasteiger partial charge >= 0.3 is 0 Å². The molecule has 3 nitrogen and oxygen atoms in total. The Morgan fingerprint density at radius 3 is 2.61 bits per heavy atom. The summed E-state index contributed by atoms with van der Waals surface area (Å²) in [6, 6.07) is 8.56. The number of carbonyl (C=O) groups is 1. The Morgan fingerprint density at radius 2 is 1.94 bits per heavy atom. The Balaban J connectivity index is 2.12. The number of benzene rings is 1. The van der Waals surface area contributed by atoms with Crippen molar-refractivity contribution in [2.45, 2.75) is 38.6 Å². The van der Waals surface area contributed by atoms with Crippen LogP contribution in [0.3, 0.4) is 0 Å². The Hall–Kier alpha value is -1.51. The fourth-order valence-electron chi connectivity index (χ4n) is 2.53. The molecule has 0 bridgehead atoms. The van der Waals surface area contributed by atoms with Crippen LogP contribution < -0.4 is 9.64 Å². The largest absolute Gasteiger partial charge is 0.492 e. The highest BCUT2D eigenvalue weighted by Gasteiger charge is 2.23. The van der Waals surface area contributed by atoms with Gasteiger partial charge in [0, 0.05) is 25.9 Å².